The van der Waals surface area contributed by atoms with E-state index in [1.807, 2.05) is 25.1 Å². The lowest BCUT2D eigenvalue weighted by molar-refractivity contribution is 0.0260. The summed E-state index contributed by atoms with van der Waals surface area (Å²) >= 11 is 0. The fraction of sp³-hybridized carbons (Fsp3) is 0.500. The van der Waals surface area contributed by atoms with Crippen LogP contribution in [0, 0.1) is 0 Å². The number of aromatic nitrogens is 1. The van der Waals surface area contributed by atoms with E-state index in [4.69, 9.17) is 4.74 Å². The van der Waals surface area contributed by atoms with Gasteiger partial charge in [-0.2, -0.15) is 0 Å². The number of pyridine rings is 1. The van der Waals surface area contributed by atoms with Crippen LogP contribution in [0.4, 0.5) is 0 Å². The second-order valence-corrected chi connectivity index (χ2v) is 3.25. The van der Waals surface area contributed by atoms with Crippen LogP contribution in [-0.4, -0.2) is 17.6 Å². The Balaban J connectivity index is 2.24. The van der Waals surface area contributed by atoms with Crippen LogP contribution in [0.3, 0.4) is 0 Å². The first kappa shape index (κ1) is 8.66. The zero-order valence-electron chi connectivity index (χ0n) is 7.95. The molecule has 0 aromatic carbocycles. The van der Waals surface area contributed by atoms with E-state index < -0.39 is 0 Å². The molecule has 1 aliphatic rings. The summed E-state index contributed by atoms with van der Waals surface area (Å²) in [6.07, 6.45) is 1.79. The van der Waals surface area contributed by atoms with Gasteiger partial charge >= 0.3 is 0 Å². The number of hydrogen-bond acceptors (Lipinski definition) is 3. The Morgan fingerprint density at radius 2 is 2.38 bits per heavy atom. The van der Waals surface area contributed by atoms with Crippen molar-refractivity contribution in [2.75, 3.05) is 6.61 Å². The average molecular weight is 178 g/mol. The standard InChI is InChI=1S/C10H14N2O/c1-3-13-10(8(2)12-10)9-6-4-5-7-11-9/h4-8,12H,3H2,1-2H3. The molecule has 70 valence electrons. The van der Waals surface area contributed by atoms with E-state index in [-0.39, 0.29) is 5.72 Å². The fourth-order valence-electron chi connectivity index (χ4n) is 1.63. The van der Waals surface area contributed by atoms with Gasteiger partial charge in [0.05, 0.1) is 11.7 Å². The first-order valence-corrected chi connectivity index (χ1v) is 4.63. The molecule has 13 heavy (non-hydrogen) atoms. The Kier molecular flexibility index (Phi) is 2.06. The van der Waals surface area contributed by atoms with Gasteiger partial charge in [0, 0.05) is 12.8 Å². The topological polar surface area (TPSA) is 44.1 Å². The van der Waals surface area contributed by atoms with Crippen molar-refractivity contribution in [3.05, 3.63) is 30.1 Å². The molecule has 2 atom stereocenters. The maximum absolute atomic E-state index is 5.67. The highest BCUT2D eigenvalue weighted by atomic mass is 16.5. The molecule has 1 saturated heterocycles. The van der Waals surface area contributed by atoms with Gasteiger partial charge in [-0.25, -0.2) is 0 Å². The number of ether oxygens (including phenoxy) is 1. The van der Waals surface area contributed by atoms with Gasteiger partial charge in [0.2, 0.25) is 0 Å². The summed E-state index contributed by atoms with van der Waals surface area (Å²) in [5, 5.41) is 3.28. The summed E-state index contributed by atoms with van der Waals surface area (Å²) in [6, 6.07) is 6.25. The van der Waals surface area contributed by atoms with Gasteiger partial charge in [-0.1, -0.05) is 6.07 Å². The second-order valence-electron chi connectivity index (χ2n) is 3.25. The van der Waals surface area contributed by atoms with Crippen molar-refractivity contribution in [3.63, 3.8) is 0 Å². The molecule has 1 aromatic rings. The third kappa shape index (κ3) is 1.34. The largest absolute Gasteiger partial charge is 0.353 e. The van der Waals surface area contributed by atoms with E-state index in [1.165, 1.54) is 0 Å². The molecule has 1 aliphatic heterocycles. The molecule has 0 saturated carbocycles. The summed E-state index contributed by atoms with van der Waals surface area (Å²) in [6.45, 7) is 4.80. The molecule has 2 heterocycles. The molecule has 1 N–H and O–H groups in total. The zero-order valence-corrected chi connectivity index (χ0v) is 7.95. The minimum absolute atomic E-state index is 0.310. The third-order valence-electron chi connectivity index (χ3n) is 2.37. The number of hydrogen-bond donors (Lipinski definition) is 1. The molecule has 0 radical (unpaired) electrons. The Bertz CT molecular complexity index is 288. The maximum Gasteiger partial charge on any atom is 0.177 e. The molecule has 3 nitrogen and oxygen atoms in total. The van der Waals surface area contributed by atoms with Gasteiger partial charge in [0.25, 0.3) is 0 Å². The number of rotatable bonds is 3. The van der Waals surface area contributed by atoms with E-state index >= 15 is 0 Å². The third-order valence-corrected chi connectivity index (χ3v) is 2.37. The first-order valence-electron chi connectivity index (χ1n) is 4.63. The lowest BCUT2D eigenvalue weighted by Gasteiger charge is -2.13. The first-order chi connectivity index (χ1) is 6.29. The van der Waals surface area contributed by atoms with Crippen LogP contribution < -0.4 is 5.32 Å². The molecule has 0 spiro atoms. The lowest BCUT2D eigenvalue weighted by atomic mass is 10.2. The van der Waals surface area contributed by atoms with E-state index in [1.54, 1.807) is 6.20 Å². The zero-order chi connectivity index (χ0) is 9.31. The van der Waals surface area contributed by atoms with Crippen molar-refractivity contribution in [3.8, 4) is 0 Å². The Morgan fingerprint density at radius 3 is 2.85 bits per heavy atom. The highest BCUT2D eigenvalue weighted by Crippen LogP contribution is 2.37. The molecule has 3 heteroatoms. The van der Waals surface area contributed by atoms with E-state index in [0.717, 1.165) is 5.69 Å². The molecule has 0 bridgehead atoms. The SMILES string of the molecule is CCOC1(c2ccccn2)NC1C. The minimum atomic E-state index is -0.310. The second kappa shape index (κ2) is 3.09. The molecular formula is C10H14N2O. The Morgan fingerprint density at radius 1 is 1.62 bits per heavy atom. The summed E-state index contributed by atoms with van der Waals surface area (Å²) in [4.78, 5) is 4.29. The van der Waals surface area contributed by atoms with Gasteiger partial charge in [0.15, 0.2) is 5.72 Å². The molecular weight excluding hydrogens is 164 g/mol. The van der Waals surface area contributed by atoms with Crippen LogP contribution in [-0.2, 0) is 10.5 Å². The van der Waals surface area contributed by atoms with Crippen LogP contribution >= 0.6 is 0 Å². The van der Waals surface area contributed by atoms with Gasteiger partial charge in [-0.15, -0.1) is 0 Å². The van der Waals surface area contributed by atoms with E-state index in [2.05, 4.69) is 17.2 Å². The van der Waals surface area contributed by atoms with Gasteiger partial charge in [-0.3, -0.25) is 10.3 Å². The van der Waals surface area contributed by atoms with Crippen LogP contribution in [0.15, 0.2) is 24.4 Å². The predicted octanol–water partition coefficient (Wildman–Crippen LogP) is 1.26. The van der Waals surface area contributed by atoms with Gasteiger partial charge < -0.3 is 4.74 Å². The van der Waals surface area contributed by atoms with Crippen molar-refractivity contribution < 1.29 is 4.74 Å². The highest BCUT2D eigenvalue weighted by molar-refractivity contribution is 5.23. The van der Waals surface area contributed by atoms with Gasteiger partial charge in [0.1, 0.15) is 0 Å². The van der Waals surface area contributed by atoms with Crippen molar-refractivity contribution in [2.45, 2.75) is 25.6 Å². The van der Waals surface area contributed by atoms with Crippen molar-refractivity contribution in [1.82, 2.24) is 10.3 Å². The summed E-state index contributed by atoms with van der Waals surface area (Å²) in [7, 11) is 0. The normalized spacial score (nSPS) is 31.7. The molecule has 1 aromatic heterocycles. The number of nitrogens with zero attached hydrogens (tertiary/aromatic N) is 1. The van der Waals surface area contributed by atoms with Gasteiger partial charge in [-0.05, 0) is 26.0 Å². The van der Waals surface area contributed by atoms with Crippen LogP contribution in [0.5, 0.6) is 0 Å². The summed E-state index contributed by atoms with van der Waals surface area (Å²) in [5.41, 5.74) is 0.667. The van der Waals surface area contributed by atoms with Crippen molar-refractivity contribution in [1.29, 1.82) is 0 Å². The summed E-state index contributed by atoms with van der Waals surface area (Å²) < 4.78 is 5.67. The Hall–Kier alpha value is -0.930. The average Bonchev–Trinajstić information content (AvgIpc) is 2.80. The Labute approximate surface area is 78.1 Å². The van der Waals surface area contributed by atoms with Crippen LogP contribution in [0.2, 0.25) is 0 Å². The van der Waals surface area contributed by atoms with Crippen LogP contribution in [0.25, 0.3) is 0 Å². The quantitative estimate of drug-likeness (QED) is 0.709. The number of nitrogens with one attached hydrogen (secondary N) is 1. The maximum atomic E-state index is 5.67. The predicted molar refractivity (Wildman–Crippen MR) is 50.1 cm³/mol. The summed E-state index contributed by atoms with van der Waals surface area (Å²) in [5.74, 6) is 0. The molecule has 2 rings (SSSR count). The minimum Gasteiger partial charge on any atom is -0.353 e. The smallest absolute Gasteiger partial charge is 0.177 e. The molecule has 1 fully saturated rings. The molecule has 0 amide bonds. The van der Waals surface area contributed by atoms with E-state index in [9.17, 15) is 0 Å². The highest BCUT2D eigenvalue weighted by Gasteiger charge is 2.54. The molecule has 0 aliphatic carbocycles. The van der Waals surface area contributed by atoms with Crippen molar-refractivity contribution >= 4 is 0 Å². The lowest BCUT2D eigenvalue weighted by Crippen LogP contribution is -2.20. The monoisotopic (exact) mass is 178 g/mol. The van der Waals surface area contributed by atoms with E-state index in [0.29, 0.717) is 12.6 Å². The molecule has 2 unspecified atom stereocenters. The van der Waals surface area contributed by atoms with Crippen molar-refractivity contribution in [2.24, 2.45) is 0 Å². The van der Waals surface area contributed by atoms with Crippen LogP contribution in [0.1, 0.15) is 19.5 Å². The fourth-order valence-corrected chi connectivity index (χ4v) is 1.63.